The Kier molecular flexibility index (Phi) is 4.23. The Bertz CT molecular complexity index is 1090. The van der Waals surface area contributed by atoms with Crippen LogP contribution in [0.4, 0.5) is 5.82 Å². The maximum atomic E-state index is 13.1. The Morgan fingerprint density at radius 2 is 1.97 bits per heavy atom. The smallest absolute Gasteiger partial charge is 0.229 e. The van der Waals surface area contributed by atoms with E-state index in [0.717, 1.165) is 69.3 Å². The highest BCUT2D eigenvalue weighted by Gasteiger charge is 2.40. The molecule has 0 aliphatic carbocycles. The van der Waals surface area contributed by atoms with Crippen LogP contribution in [0, 0.1) is 5.92 Å². The van der Waals surface area contributed by atoms with Crippen LogP contribution in [0.3, 0.4) is 0 Å². The van der Waals surface area contributed by atoms with Gasteiger partial charge in [0.1, 0.15) is 5.82 Å². The number of hydrogen-bond donors (Lipinski definition) is 1. The summed E-state index contributed by atoms with van der Waals surface area (Å²) in [5.74, 6) is 1.99. The number of hydrogen-bond acceptors (Lipinski definition) is 5. The predicted octanol–water partition coefficient (Wildman–Crippen LogP) is 1.83. The average Bonchev–Trinajstić information content (AvgIpc) is 3.42. The Morgan fingerprint density at radius 1 is 1.10 bits per heavy atom. The summed E-state index contributed by atoms with van der Waals surface area (Å²) in [6.07, 6.45) is 3.82. The predicted molar refractivity (Wildman–Crippen MR) is 114 cm³/mol. The van der Waals surface area contributed by atoms with E-state index in [0.29, 0.717) is 11.8 Å². The Hall–Kier alpha value is -2.93. The molecule has 30 heavy (non-hydrogen) atoms. The molecule has 0 bridgehead atoms. The summed E-state index contributed by atoms with van der Waals surface area (Å²) in [7, 11) is 0. The van der Waals surface area contributed by atoms with Crippen molar-refractivity contribution in [2.75, 3.05) is 37.6 Å². The molecule has 0 radical (unpaired) electrons. The van der Waals surface area contributed by atoms with E-state index in [1.54, 1.807) is 6.20 Å². The number of carbonyl (C=O) groups is 1. The van der Waals surface area contributed by atoms with Gasteiger partial charge in [0.05, 0.1) is 17.8 Å². The molecule has 2 aromatic heterocycles. The van der Waals surface area contributed by atoms with Crippen molar-refractivity contribution in [3.05, 3.63) is 59.4 Å². The van der Waals surface area contributed by atoms with E-state index in [1.807, 2.05) is 10.6 Å². The number of nitrogens with zero attached hydrogens (tertiary/aromatic N) is 5. The van der Waals surface area contributed by atoms with Gasteiger partial charge < -0.3 is 15.1 Å². The van der Waals surface area contributed by atoms with Gasteiger partial charge in [-0.3, -0.25) is 4.79 Å². The number of benzene rings is 1. The number of aromatic nitrogens is 3. The molecule has 1 atom stereocenters. The molecule has 1 N–H and O–H groups in total. The highest BCUT2D eigenvalue weighted by Crippen LogP contribution is 2.34. The fraction of sp³-hybridized carbons (Fsp3) is 0.435. The fourth-order valence-electron chi connectivity index (χ4n) is 5.18. The molecule has 6 rings (SSSR count). The molecule has 7 heteroatoms. The third-order valence-electron chi connectivity index (χ3n) is 6.84. The fourth-order valence-corrected chi connectivity index (χ4v) is 5.18. The number of amides is 1. The first-order valence-electron chi connectivity index (χ1n) is 10.9. The minimum Gasteiger partial charge on any atom is -0.354 e. The van der Waals surface area contributed by atoms with Gasteiger partial charge in [0.15, 0.2) is 5.65 Å². The minimum absolute atomic E-state index is 0.0793. The van der Waals surface area contributed by atoms with E-state index in [2.05, 4.69) is 50.5 Å². The molecule has 0 unspecified atom stereocenters. The molecular formula is C23H26N6O. The third-order valence-corrected chi connectivity index (χ3v) is 6.84. The lowest BCUT2D eigenvalue weighted by Gasteiger charge is -2.42. The number of fused-ring (bicyclic) bond motifs is 2. The number of nitrogens with one attached hydrogen (secondary N) is 1. The lowest BCUT2D eigenvalue weighted by atomic mass is 9.96. The summed E-state index contributed by atoms with van der Waals surface area (Å²) in [5.41, 5.74) is 4.62. The van der Waals surface area contributed by atoms with Gasteiger partial charge in [-0.1, -0.05) is 30.3 Å². The summed E-state index contributed by atoms with van der Waals surface area (Å²) in [4.78, 5) is 22.3. The zero-order chi connectivity index (χ0) is 20.1. The van der Waals surface area contributed by atoms with Gasteiger partial charge in [-0.2, -0.15) is 9.61 Å². The summed E-state index contributed by atoms with van der Waals surface area (Å²) < 4.78 is 1.95. The molecule has 154 valence electrons. The van der Waals surface area contributed by atoms with Crippen LogP contribution in [0.5, 0.6) is 0 Å². The number of likely N-dealkylation sites (tertiary alicyclic amines) is 1. The maximum absolute atomic E-state index is 13.1. The van der Waals surface area contributed by atoms with E-state index in [1.165, 1.54) is 11.1 Å². The van der Waals surface area contributed by atoms with Crippen LogP contribution in [0.25, 0.3) is 5.65 Å². The van der Waals surface area contributed by atoms with E-state index in [-0.39, 0.29) is 5.92 Å². The van der Waals surface area contributed by atoms with Gasteiger partial charge in [0.2, 0.25) is 5.91 Å². The quantitative estimate of drug-likeness (QED) is 0.724. The van der Waals surface area contributed by atoms with Crippen LogP contribution >= 0.6 is 0 Å². The third kappa shape index (κ3) is 2.88. The molecule has 2 saturated heterocycles. The number of rotatable bonds is 3. The van der Waals surface area contributed by atoms with E-state index >= 15 is 0 Å². The van der Waals surface area contributed by atoms with Crippen LogP contribution in [0.1, 0.15) is 29.2 Å². The van der Waals surface area contributed by atoms with Crippen molar-refractivity contribution in [1.29, 1.82) is 0 Å². The molecule has 3 aliphatic heterocycles. The molecule has 1 aromatic carbocycles. The first-order valence-corrected chi connectivity index (χ1v) is 10.9. The van der Waals surface area contributed by atoms with Crippen LogP contribution in [0.2, 0.25) is 0 Å². The van der Waals surface area contributed by atoms with E-state index < -0.39 is 0 Å². The second kappa shape index (κ2) is 7.09. The average molecular weight is 403 g/mol. The maximum Gasteiger partial charge on any atom is 0.229 e. The van der Waals surface area contributed by atoms with Crippen LogP contribution in [-0.4, -0.2) is 58.1 Å². The highest BCUT2D eigenvalue weighted by atomic mass is 16.2. The molecule has 5 heterocycles. The molecule has 0 spiro atoms. The van der Waals surface area contributed by atoms with Gasteiger partial charge in [-0.25, -0.2) is 4.98 Å². The van der Waals surface area contributed by atoms with Crippen molar-refractivity contribution >= 4 is 17.4 Å². The second-order valence-corrected chi connectivity index (χ2v) is 8.67. The van der Waals surface area contributed by atoms with Crippen molar-refractivity contribution in [1.82, 2.24) is 24.8 Å². The van der Waals surface area contributed by atoms with E-state index in [9.17, 15) is 4.79 Å². The number of carbonyl (C=O) groups excluding carboxylic acids is 1. The van der Waals surface area contributed by atoms with Gasteiger partial charge in [-0.05, 0) is 24.9 Å². The Morgan fingerprint density at radius 3 is 2.83 bits per heavy atom. The molecular weight excluding hydrogens is 376 g/mol. The molecule has 3 aliphatic rings. The minimum atomic E-state index is 0.0793. The molecule has 3 aromatic rings. The van der Waals surface area contributed by atoms with Gasteiger partial charge in [0.25, 0.3) is 0 Å². The van der Waals surface area contributed by atoms with Crippen molar-refractivity contribution < 1.29 is 4.79 Å². The normalized spacial score (nSPS) is 21.7. The second-order valence-electron chi connectivity index (χ2n) is 8.67. The van der Waals surface area contributed by atoms with Gasteiger partial charge >= 0.3 is 0 Å². The van der Waals surface area contributed by atoms with Crippen LogP contribution in [-0.2, 0) is 17.8 Å². The van der Waals surface area contributed by atoms with Crippen molar-refractivity contribution in [2.24, 2.45) is 5.92 Å². The lowest BCUT2D eigenvalue weighted by Crippen LogP contribution is -2.55. The summed E-state index contributed by atoms with van der Waals surface area (Å²) in [5, 5.41) is 7.93. The van der Waals surface area contributed by atoms with Crippen molar-refractivity contribution in [2.45, 2.75) is 25.3 Å². The molecule has 2 fully saturated rings. The van der Waals surface area contributed by atoms with Crippen molar-refractivity contribution in [3.63, 3.8) is 0 Å². The summed E-state index contributed by atoms with van der Waals surface area (Å²) >= 11 is 0. The first-order chi connectivity index (χ1) is 14.8. The largest absolute Gasteiger partial charge is 0.354 e. The Labute approximate surface area is 175 Å². The van der Waals surface area contributed by atoms with Gasteiger partial charge in [0, 0.05) is 50.3 Å². The topological polar surface area (TPSA) is 65.8 Å². The zero-order valence-electron chi connectivity index (χ0n) is 17.0. The molecule has 1 amide bonds. The van der Waals surface area contributed by atoms with Crippen LogP contribution < -0.4 is 10.2 Å². The molecule has 0 saturated carbocycles. The number of anilines is 1. The summed E-state index contributed by atoms with van der Waals surface area (Å²) in [6.45, 7) is 5.01. The molecule has 7 nitrogen and oxygen atoms in total. The van der Waals surface area contributed by atoms with E-state index in [4.69, 9.17) is 4.98 Å². The Balaban J connectivity index is 1.17. The van der Waals surface area contributed by atoms with Crippen molar-refractivity contribution in [3.8, 4) is 0 Å². The zero-order valence-corrected chi connectivity index (χ0v) is 17.0. The lowest BCUT2D eigenvalue weighted by molar-refractivity contribution is -0.135. The van der Waals surface area contributed by atoms with Crippen LogP contribution in [0.15, 0.2) is 42.6 Å². The highest BCUT2D eigenvalue weighted by molar-refractivity contribution is 5.82. The SMILES string of the molecule is O=C(C1CN(c2c3c(nc4ccnn24)CNCC3)C1)N1CC[C@H](c2ccccc2)C1. The standard InChI is InChI=1S/C23H26N6O/c30-23(27-11-8-17(13-27)16-4-2-1-3-5-16)18-14-28(15-18)22-19-6-9-24-12-20(19)26-21-7-10-25-29(21)22/h1-5,7,10,17-18,24H,6,8-9,11-15H2/t17-/m0/s1. The monoisotopic (exact) mass is 402 g/mol. The summed E-state index contributed by atoms with van der Waals surface area (Å²) in [6, 6.07) is 12.5. The van der Waals surface area contributed by atoms with Gasteiger partial charge in [-0.15, -0.1) is 0 Å². The first kappa shape index (κ1) is 17.9.